The number of nitrogens with one attached hydrogen (secondary N) is 2. The molecular formula is C20H32FIN6. The van der Waals surface area contributed by atoms with E-state index in [2.05, 4.69) is 45.7 Å². The number of guanidine groups is 1. The van der Waals surface area contributed by atoms with Crippen molar-refractivity contribution in [1.82, 2.24) is 25.3 Å². The predicted molar refractivity (Wildman–Crippen MR) is 124 cm³/mol. The molecule has 0 aliphatic carbocycles. The van der Waals surface area contributed by atoms with Gasteiger partial charge in [-0.25, -0.2) is 4.39 Å². The van der Waals surface area contributed by atoms with Crippen molar-refractivity contribution in [3.05, 3.63) is 53.1 Å². The topological polar surface area (TPSA) is 57.5 Å². The first-order valence-electron chi connectivity index (χ1n) is 9.36. The third kappa shape index (κ3) is 8.55. The lowest BCUT2D eigenvalue weighted by Gasteiger charge is -2.18. The zero-order chi connectivity index (χ0) is 19.6. The van der Waals surface area contributed by atoms with E-state index in [0.29, 0.717) is 0 Å². The van der Waals surface area contributed by atoms with Gasteiger partial charge in [0, 0.05) is 45.5 Å². The average molecular weight is 502 g/mol. The average Bonchev–Trinajstić information content (AvgIpc) is 2.96. The van der Waals surface area contributed by atoms with Crippen molar-refractivity contribution in [2.24, 2.45) is 4.99 Å². The zero-order valence-corrected chi connectivity index (χ0v) is 19.5. The Morgan fingerprint density at radius 3 is 2.46 bits per heavy atom. The van der Waals surface area contributed by atoms with Crippen molar-refractivity contribution in [2.45, 2.75) is 33.4 Å². The SMILES string of the molecule is CN=C(NCCCn1nc(C)cc1C)NCCN(C)Cc1ccc(F)cc1.I. The predicted octanol–water partition coefficient (Wildman–Crippen LogP) is 2.94. The van der Waals surface area contributed by atoms with Crippen molar-refractivity contribution in [2.75, 3.05) is 33.7 Å². The highest BCUT2D eigenvalue weighted by molar-refractivity contribution is 14.0. The molecule has 1 heterocycles. The molecule has 28 heavy (non-hydrogen) atoms. The number of halogens is 2. The molecule has 0 fully saturated rings. The number of nitrogens with zero attached hydrogens (tertiary/aromatic N) is 4. The highest BCUT2D eigenvalue weighted by Gasteiger charge is 2.03. The molecule has 0 bridgehead atoms. The molecule has 8 heteroatoms. The number of aromatic nitrogens is 2. The number of hydrogen-bond acceptors (Lipinski definition) is 3. The Morgan fingerprint density at radius 2 is 1.86 bits per heavy atom. The van der Waals surface area contributed by atoms with Crippen LogP contribution in [0.5, 0.6) is 0 Å². The monoisotopic (exact) mass is 502 g/mol. The minimum Gasteiger partial charge on any atom is -0.356 e. The lowest BCUT2D eigenvalue weighted by molar-refractivity contribution is 0.331. The summed E-state index contributed by atoms with van der Waals surface area (Å²) < 4.78 is 15.0. The zero-order valence-electron chi connectivity index (χ0n) is 17.2. The second-order valence-electron chi connectivity index (χ2n) is 6.79. The maximum absolute atomic E-state index is 13.0. The molecule has 2 N–H and O–H groups in total. The third-order valence-corrected chi connectivity index (χ3v) is 4.32. The molecule has 6 nitrogen and oxygen atoms in total. The summed E-state index contributed by atoms with van der Waals surface area (Å²) in [5.41, 5.74) is 3.35. The van der Waals surface area contributed by atoms with Crippen LogP contribution >= 0.6 is 24.0 Å². The Morgan fingerprint density at radius 1 is 1.18 bits per heavy atom. The minimum atomic E-state index is -0.198. The van der Waals surface area contributed by atoms with Crippen LogP contribution in [0.2, 0.25) is 0 Å². The van der Waals surface area contributed by atoms with Gasteiger partial charge in [0.1, 0.15) is 5.82 Å². The molecule has 156 valence electrons. The van der Waals surface area contributed by atoms with Crippen LogP contribution in [-0.2, 0) is 13.1 Å². The summed E-state index contributed by atoms with van der Waals surface area (Å²) in [5, 5.41) is 11.1. The number of likely N-dealkylation sites (N-methyl/N-ethyl adjacent to an activating group) is 1. The Balaban J connectivity index is 0.00000392. The van der Waals surface area contributed by atoms with Gasteiger partial charge in [0.25, 0.3) is 0 Å². The van der Waals surface area contributed by atoms with E-state index in [0.717, 1.165) is 56.4 Å². The van der Waals surface area contributed by atoms with E-state index in [1.165, 1.54) is 17.8 Å². The fraction of sp³-hybridized carbons (Fsp3) is 0.500. The number of aryl methyl sites for hydroxylation is 3. The van der Waals surface area contributed by atoms with Gasteiger partial charge in [0.05, 0.1) is 5.69 Å². The first kappa shape index (κ1) is 24.4. The van der Waals surface area contributed by atoms with Gasteiger partial charge >= 0.3 is 0 Å². The first-order valence-corrected chi connectivity index (χ1v) is 9.36. The Labute approximate surface area is 184 Å². The van der Waals surface area contributed by atoms with E-state index in [1.807, 2.05) is 23.7 Å². The van der Waals surface area contributed by atoms with E-state index in [1.54, 1.807) is 7.05 Å². The van der Waals surface area contributed by atoms with Gasteiger partial charge in [-0.15, -0.1) is 24.0 Å². The van der Waals surface area contributed by atoms with Crippen molar-refractivity contribution >= 4 is 29.9 Å². The van der Waals surface area contributed by atoms with Crippen LogP contribution in [0, 0.1) is 19.7 Å². The van der Waals surface area contributed by atoms with E-state index in [9.17, 15) is 4.39 Å². The second-order valence-corrected chi connectivity index (χ2v) is 6.79. The molecule has 1 aromatic carbocycles. The molecule has 0 saturated carbocycles. The van der Waals surface area contributed by atoms with Gasteiger partial charge in [0.2, 0.25) is 0 Å². The highest BCUT2D eigenvalue weighted by Crippen LogP contribution is 2.05. The fourth-order valence-corrected chi connectivity index (χ4v) is 2.90. The van der Waals surface area contributed by atoms with Crippen LogP contribution in [0.15, 0.2) is 35.3 Å². The van der Waals surface area contributed by atoms with E-state index in [4.69, 9.17) is 0 Å². The molecular weight excluding hydrogens is 470 g/mol. The number of benzene rings is 1. The smallest absolute Gasteiger partial charge is 0.191 e. The van der Waals surface area contributed by atoms with Crippen molar-refractivity contribution in [1.29, 1.82) is 0 Å². The molecule has 0 spiro atoms. The van der Waals surface area contributed by atoms with Crippen molar-refractivity contribution in [3.63, 3.8) is 0 Å². The summed E-state index contributed by atoms with van der Waals surface area (Å²) in [6.45, 7) is 8.26. The Bertz CT molecular complexity index is 729. The Kier molecular flexibility index (Phi) is 11.1. The lowest BCUT2D eigenvalue weighted by Crippen LogP contribution is -2.41. The summed E-state index contributed by atoms with van der Waals surface area (Å²) in [4.78, 5) is 6.45. The maximum Gasteiger partial charge on any atom is 0.191 e. The minimum absolute atomic E-state index is 0. The van der Waals surface area contributed by atoms with Crippen LogP contribution in [0.3, 0.4) is 0 Å². The number of aliphatic imine (C=N–C) groups is 1. The summed E-state index contributed by atoms with van der Waals surface area (Å²) in [6.07, 6.45) is 0.979. The molecule has 0 unspecified atom stereocenters. The first-order chi connectivity index (χ1) is 13.0. The molecule has 0 saturated heterocycles. The molecule has 0 atom stereocenters. The molecule has 0 amide bonds. The van der Waals surface area contributed by atoms with Crippen LogP contribution in [0.4, 0.5) is 4.39 Å². The summed E-state index contributed by atoms with van der Waals surface area (Å²) in [7, 11) is 3.83. The standard InChI is InChI=1S/C20H31FN6.HI/c1-16-14-17(2)27(25-16)12-5-10-23-20(22-3)24-11-13-26(4)15-18-6-8-19(21)9-7-18;/h6-9,14H,5,10-13,15H2,1-4H3,(H2,22,23,24);1H. The maximum atomic E-state index is 13.0. The number of hydrogen-bond donors (Lipinski definition) is 2. The third-order valence-electron chi connectivity index (χ3n) is 4.32. The molecule has 0 aliphatic heterocycles. The van der Waals surface area contributed by atoms with Gasteiger partial charge in [-0.3, -0.25) is 9.67 Å². The molecule has 0 aliphatic rings. The summed E-state index contributed by atoms with van der Waals surface area (Å²) >= 11 is 0. The van der Waals surface area contributed by atoms with Gasteiger partial charge in [0.15, 0.2) is 5.96 Å². The van der Waals surface area contributed by atoms with E-state index < -0.39 is 0 Å². The molecule has 0 radical (unpaired) electrons. The lowest BCUT2D eigenvalue weighted by atomic mass is 10.2. The fourth-order valence-electron chi connectivity index (χ4n) is 2.90. The van der Waals surface area contributed by atoms with E-state index in [-0.39, 0.29) is 29.8 Å². The van der Waals surface area contributed by atoms with Gasteiger partial charge < -0.3 is 15.5 Å². The van der Waals surface area contributed by atoms with Crippen LogP contribution in [0.1, 0.15) is 23.4 Å². The molecule has 2 rings (SSSR count). The van der Waals surface area contributed by atoms with Gasteiger partial charge in [-0.2, -0.15) is 5.10 Å². The van der Waals surface area contributed by atoms with Gasteiger partial charge in [-0.1, -0.05) is 12.1 Å². The van der Waals surface area contributed by atoms with Gasteiger partial charge in [-0.05, 0) is 51.1 Å². The van der Waals surface area contributed by atoms with Crippen LogP contribution in [0.25, 0.3) is 0 Å². The van der Waals surface area contributed by atoms with Crippen molar-refractivity contribution < 1.29 is 4.39 Å². The van der Waals surface area contributed by atoms with Crippen LogP contribution < -0.4 is 10.6 Å². The highest BCUT2D eigenvalue weighted by atomic mass is 127. The van der Waals surface area contributed by atoms with Crippen molar-refractivity contribution in [3.8, 4) is 0 Å². The number of rotatable bonds is 9. The quantitative estimate of drug-likeness (QED) is 0.240. The largest absolute Gasteiger partial charge is 0.356 e. The second kappa shape index (κ2) is 12.7. The van der Waals surface area contributed by atoms with Crippen LogP contribution in [-0.4, -0.2) is 54.4 Å². The molecule has 1 aromatic heterocycles. The summed E-state index contributed by atoms with van der Waals surface area (Å²) in [6, 6.07) is 8.74. The Hall–Kier alpha value is -1.68. The molecule has 2 aromatic rings. The summed E-state index contributed by atoms with van der Waals surface area (Å²) in [5.74, 6) is 0.606. The normalized spacial score (nSPS) is 11.4. The van der Waals surface area contributed by atoms with E-state index >= 15 is 0 Å².